The van der Waals surface area contributed by atoms with Crippen molar-refractivity contribution in [2.45, 2.75) is 20.3 Å². The van der Waals surface area contributed by atoms with E-state index in [1.54, 1.807) is 17.9 Å². The number of rotatable bonds is 4. The van der Waals surface area contributed by atoms with Gasteiger partial charge >= 0.3 is 0 Å². The SMILES string of the molecule is Cc1ccc([N+](=O)[O-])cc1NC(=O)[C@@H]1CC(=O)N(c2ccccc2C)C1. The first-order chi connectivity index (χ1) is 12.4. The van der Waals surface area contributed by atoms with Crippen LogP contribution >= 0.6 is 0 Å². The number of nitrogens with one attached hydrogen (secondary N) is 1. The molecule has 2 amide bonds. The molecule has 1 heterocycles. The van der Waals surface area contributed by atoms with Gasteiger partial charge in [-0.05, 0) is 31.0 Å². The number of hydrogen-bond acceptors (Lipinski definition) is 4. The van der Waals surface area contributed by atoms with Gasteiger partial charge in [-0.1, -0.05) is 24.3 Å². The number of nitrogens with zero attached hydrogens (tertiary/aromatic N) is 2. The molecule has 1 aliphatic rings. The number of nitro benzene ring substituents is 1. The van der Waals surface area contributed by atoms with E-state index in [-0.39, 0.29) is 23.9 Å². The fourth-order valence-corrected chi connectivity index (χ4v) is 3.08. The molecule has 0 aromatic heterocycles. The Balaban J connectivity index is 1.76. The smallest absolute Gasteiger partial charge is 0.271 e. The van der Waals surface area contributed by atoms with Gasteiger partial charge in [-0.25, -0.2) is 0 Å². The monoisotopic (exact) mass is 353 g/mol. The molecule has 134 valence electrons. The van der Waals surface area contributed by atoms with Crippen LogP contribution in [0.25, 0.3) is 0 Å². The second-order valence-electron chi connectivity index (χ2n) is 6.44. The Labute approximate surface area is 150 Å². The number of carbonyl (C=O) groups is 2. The molecule has 7 heteroatoms. The topological polar surface area (TPSA) is 92.5 Å². The Morgan fingerprint density at radius 1 is 1.19 bits per heavy atom. The number of nitro groups is 1. The fraction of sp³-hybridized carbons (Fsp3) is 0.263. The number of aryl methyl sites for hydroxylation is 2. The van der Waals surface area contributed by atoms with Crippen LogP contribution in [0.1, 0.15) is 17.5 Å². The van der Waals surface area contributed by atoms with E-state index < -0.39 is 10.8 Å². The zero-order valence-electron chi connectivity index (χ0n) is 14.6. The highest BCUT2D eigenvalue weighted by Crippen LogP contribution is 2.29. The van der Waals surface area contributed by atoms with E-state index in [9.17, 15) is 19.7 Å². The molecule has 26 heavy (non-hydrogen) atoms. The Morgan fingerprint density at radius 3 is 2.62 bits per heavy atom. The fourth-order valence-electron chi connectivity index (χ4n) is 3.08. The first-order valence-corrected chi connectivity index (χ1v) is 8.28. The lowest BCUT2D eigenvalue weighted by atomic mass is 10.1. The highest BCUT2D eigenvalue weighted by Gasteiger charge is 2.35. The van der Waals surface area contributed by atoms with Gasteiger partial charge in [-0.3, -0.25) is 19.7 Å². The lowest BCUT2D eigenvalue weighted by Crippen LogP contribution is -2.28. The van der Waals surface area contributed by atoms with Gasteiger partial charge in [0.1, 0.15) is 0 Å². The number of amides is 2. The number of non-ortho nitro benzene ring substituents is 1. The number of benzene rings is 2. The molecular formula is C19H19N3O4. The highest BCUT2D eigenvalue weighted by molar-refractivity contribution is 6.04. The molecule has 1 saturated heterocycles. The van der Waals surface area contributed by atoms with Crippen LogP contribution in [0.4, 0.5) is 17.1 Å². The minimum absolute atomic E-state index is 0.0880. The second-order valence-corrected chi connectivity index (χ2v) is 6.44. The molecule has 7 nitrogen and oxygen atoms in total. The van der Waals surface area contributed by atoms with Crippen molar-refractivity contribution < 1.29 is 14.5 Å². The van der Waals surface area contributed by atoms with Crippen molar-refractivity contribution in [2.24, 2.45) is 5.92 Å². The van der Waals surface area contributed by atoms with Gasteiger partial charge in [0.05, 0.1) is 16.5 Å². The molecule has 2 aromatic rings. The molecule has 1 atom stereocenters. The Kier molecular flexibility index (Phi) is 4.71. The average Bonchev–Trinajstić information content (AvgIpc) is 2.99. The van der Waals surface area contributed by atoms with Crippen LogP contribution in [0.3, 0.4) is 0 Å². The average molecular weight is 353 g/mol. The summed E-state index contributed by atoms with van der Waals surface area (Å²) >= 11 is 0. The lowest BCUT2D eigenvalue weighted by molar-refractivity contribution is -0.384. The summed E-state index contributed by atoms with van der Waals surface area (Å²) in [6, 6.07) is 11.9. The van der Waals surface area contributed by atoms with E-state index in [2.05, 4.69) is 5.32 Å². The largest absolute Gasteiger partial charge is 0.325 e. The molecule has 0 aliphatic carbocycles. The number of carbonyl (C=O) groups excluding carboxylic acids is 2. The summed E-state index contributed by atoms with van der Waals surface area (Å²) in [4.78, 5) is 37.0. The van der Waals surface area contributed by atoms with Crippen LogP contribution in [-0.2, 0) is 9.59 Å². The molecule has 2 aromatic carbocycles. The van der Waals surface area contributed by atoms with Gasteiger partial charge in [-0.2, -0.15) is 0 Å². The van der Waals surface area contributed by atoms with Crippen LogP contribution in [0, 0.1) is 29.9 Å². The summed E-state index contributed by atoms with van der Waals surface area (Å²) in [7, 11) is 0. The summed E-state index contributed by atoms with van der Waals surface area (Å²) in [5, 5.41) is 13.7. The minimum Gasteiger partial charge on any atom is -0.325 e. The maximum atomic E-state index is 12.6. The minimum atomic E-state index is -0.506. The molecule has 3 rings (SSSR count). The van der Waals surface area contributed by atoms with Crippen molar-refractivity contribution in [1.29, 1.82) is 0 Å². The number of anilines is 2. The van der Waals surface area contributed by atoms with Gasteiger partial charge < -0.3 is 10.2 Å². The van der Waals surface area contributed by atoms with E-state index in [4.69, 9.17) is 0 Å². The van der Waals surface area contributed by atoms with Crippen molar-refractivity contribution in [3.05, 3.63) is 63.7 Å². The van der Waals surface area contributed by atoms with Gasteiger partial charge in [0.15, 0.2) is 0 Å². The highest BCUT2D eigenvalue weighted by atomic mass is 16.6. The molecular weight excluding hydrogens is 334 g/mol. The molecule has 0 spiro atoms. The molecule has 1 fully saturated rings. The third-order valence-corrected chi connectivity index (χ3v) is 4.59. The summed E-state index contributed by atoms with van der Waals surface area (Å²) < 4.78 is 0. The van der Waals surface area contributed by atoms with Crippen molar-refractivity contribution in [1.82, 2.24) is 0 Å². The van der Waals surface area contributed by atoms with E-state index in [0.29, 0.717) is 12.2 Å². The van der Waals surface area contributed by atoms with Crippen LogP contribution in [0.2, 0.25) is 0 Å². The van der Waals surface area contributed by atoms with Gasteiger partial charge in [0.25, 0.3) is 5.69 Å². The van der Waals surface area contributed by atoms with E-state index in [1.807, 2.05) is 31.2 Å². The van der Waals surface area contributed by atoms with Crippen LogP contribution in [0.15, 0.2) is 42.5 Å². The van der Waals surface area contributed by atoms with Crippen LogP contribution in [0.5, 0.6) is 0 Å². The molecule has 0 saturated carbocycles. The third-order valence-electron chi connectivity index (χ3n) is 4.59. The summed E-state index contributed by atoms with van der Waals surface area (Å²) in [6.45, 7) is 3.98. The molecule has 0 unspecified atom stereocenters. The normalized spacial score (nSPS) is 16.6. The summed E-state index contributed by atoms with van der Waals surface area (Å²) in [5.74, 6) is -0.908. The van der Waals surface area contributed by atoms with E-state index in [0.717, 1.165) is 16.8 Å². The Morgan fingerprint density at radius 2 is 1.92 bits per heavy atom. The Bertz CT molecular complexity index is 894. The van der Waals surface area contributed by atoms with E-state index in [1.165, 1.54) is 12.1 Å². The standard InChI is InChI=1S/C19H19N3O4/c1-12-7-8-15(22(25)26)10-16(12)20-19(24)14-9-18(23)21(11-14)17-6-4-3-5-13(17)2/h3-8,10,14H,9,11H2,1-2H3,(H,20,24)/t14-/m1/s1. The quantitative estimate of drug-likeness (QED) is 0.675. The van der Waals surface area contributed by atoms with Crippen molar-refractivity contribution >= 4 is 28.9 Å². The van der Waals surface area contributed by atoms with Crippen LogP contribution < -0.4 is 10.2 Å². The van der Waals surface area contributed by atoms with Gasteiger partial charge in [0, 0.05) is 30.8 Å². The predicted molar refractivity (Wildman–Crippen MR) is 98.1 cm³/mol. The van der Waals surface area contributed by atoms with E-state index >= 15 is 0 Å². The predicted octanol–water partition coefficient (Wildman–Crippen LogP) is 3.20. The van der Waals surface area contributed by atoms with Crippen molar-refractivity contribution in [3.8, 4) is 0 Å². The maximum absolute atomic E-state index is 12.6. The van der Waals surface area contributed by atoms with Crippen molar-refractivity contribution in [2.75, 3.05) is 16.8 Å². The second kappa shape index (κ2) is 6.95. The maximum Gasteiger partial charge on any atom is 0.271 e. The molecule has 0 radical (unpaired) electrons. The zero-order valence-corrected chi connectivity index (χ0v) is 14.6. The molecule has 1 aliphatic heterocycles. The summed E-state index contributed by atoms with van der Waals surface area (Å²) in [5.41, 5.74) is 2.81. The van der Waals surface area contributed by atoms with Crippen molar-refractivity contribution in [3.63, 3.8) is 0 Å². The van der Waals surface area contributed by atoms with Crippen LogP contribution in [-0.4, -0.2) is 23.3 Å². The third kappa shape index (κ3) is 3.42. The molecule has 1 N–H and O–H groups in total. The van der Waals surface area contributed by atoms with Gasteiger partial charge in [-0.15, -0.1) is 0 Å². The number of para-hydroxylation sites is 1. The first-order valence-electron chi connectivity index (χ1n) is 8.28. The molecule has 0 bridgehead atoms. The summed E-state index contributed by atoms with van der Waals surface area (Å²) in [6.07, 6.45) is 0.119. The Hall–Kier alpha value is -3.22. The number of hydrogen-bond donors (Lipinski definition) is 1. The first kappa shape index (κ1) is 17.6. The lowest BCUT2D eigenvalue weighted by Gasteiger charge is -2.19. The van der Waals surface area contributed by atoms with Gasteiger partial charge in [0.2, 0.25) is 11.8 Å². The zero-order chi connectivity index (χ0) is 18.8.